The predicted octanol–water partition coefficient (Wildman–Crippen LogP) is -2.20. The monoisotopic (exact) mass is 514 g/mol. The number of carboxylic acids is 2. The van der Waals surface area contributed by atoms with Crippen LogP contribution in [0.5, 0.6) is 0 Å². The van der Waals surface area contributed by atoms with Crippen LogP contribution in [0, 0.1) is 0 Å². The summed E-state index contributed by atoms with van der Waals surface area (Å²) in [5, 5.41) is 30.7. The van der Waals surface area contributed by atoms with Gasteiger partial charge in [0.15, 0.2) is 0 Å². The third-order valence-electron chi connectivity index (χ3n) is 5.72. The van der Waals surface area contributed by atoms with Crippen LogP contribution in [0.3, 0.4) is 0 Å². The Bertz CT molecular complexity index is 801. The first kappa shape index (κ1) is 30.8. The van der Waals surface area contributed by atoms with Gasteiger partial charge < -0.3 is 42.5 Å². The first-order valence-electron chi connectivity index (χ1n) is 12.1. The highest BCUT2D eigenvalue weighted by Crippen LogP contribution is 2.08. The molecule has 0 saturated carbocycles. The molecule has 0 aliphatic carbocycles. The van der Waals surface area contributed by atoms with Crippen molar-refractivity contribution in [3.05, 3.63) is 0 Å². The van der Waals surface area contributed by atoms with Gasteiger partial charge in [0, 0.05) is 6.42 Å². The van der Waals surface area contributed by atoms with Gasteiger partial charge in [-0.2, -0.15) is 0 Å². The van der Waals surface area contributed by atoms with Crippen LogP contribution in [0.2, 0.25) is 0 Å². The normalized spacial score (nSPS) is 18.2. The number of hydrogen-bond acceptors (Lipinski definition) is 8. The smallest absolute Gasteiger partial charge is 0.325 e. The average Bonchev–Trinajstić information content (AvgIpc) is 3.35. The Hall–Kier alpha value is -3.26. The molecule has 9 N–H and O–H groups in total. The molecule has 1 aliphatic rings. The zero-order chi connectivity index (χ0) is 27.3. The van der Waals surface area contributed by atoms with E-state index in [4.69, 9.17) is 15.9 Å². The molecule has 0 aromatic carbocycles. The summed E-state index contributed by atoms with van der Waals surface area (Å²) in [6.45, 7) is 3.72. The molecule has 0 radical (unpaired) electrons. The van der Waals surface area contributed by atoms with Crippen LogP contribution >= 0.6 is 0 Å². The number of unbranched alkanes of at least 4 members (excludes halogenated alkanes) is 1. The Morgan fingerprint density at radius 3 is 2.00 bits per heavy atom. The van der Waals surface area contributed by atoms with Gasteiger partial charge in [0.2, 0.25) is 23.6 Å². The first-order valence-corrected chi connectivity index (χ1v) is 12.1. The van der Waals surface area contributed by atoms with Crippen LogP contribution in [-0.4, -0.2) is 89.1 Å². The van der Waals surface area contributed by atoms with Crippen molar-refractivity contribution in [3.63, 3.8) is 0 Å². The van der Waals surface area contributed by atoms with Gasteiger partial charge in [-0.1, -0.05) is 0 Å². The van der Waals surface area contributed by atoms with E-state index in [1.807, 2.05) is 0 Å². The minimum absolute atomic E-state index is 0.286. The molecule has 1 heterocycles. The summed E-state index contributed by atoms with van der Waals surface area (Å²) >= 11 is 0. The van der Waals surface area contributed by atoms with Crippen molar-refractivity contribution < 1.29 is 39.0 Å². The van der Waals surface area contributed by atoms with Crippen LogP contribution in [0.4, 0.5) is 0 Å². The molecule has 0 bridgehead atoms. The molecule has 204 valence electrons. The van der Waals surface area contributed by atoms with Crippen LogP contribution in [-0.2, 0) is 28.8 Å². The summed E-state index contributed by atoms with van der Waals surface area (Å²) in [6, 6.07) is -5.01. The molecule has 0 spiro atoms. The lowest BCUT2D eigenvalue weighted by atomic mass is 10.1. The van der Waals surface area contributed by atoms with Crippen molar-refractivity contribution in [2.45, 2.75) is 89.0 Å². The number of amides is 4. The van der Waals surface area contributed by atoms with Gasteiger partial charge in [0.05, 0.1) is 6.04 Å². The fourth-order valence-electron chi connectivity index (χ4n) is 3.53. The number of carbonyl (C=O) groups is 6. The molecule has 4 amide bonds. The highest BCUT2D eigenvalue weighted by atomic mass is 16.4. The molecular weight excluding hydrogens is 476 g/mol. The Morgan fingerprint density at radius 2 is 1.47 bits per heavy atom. The molecule has 5 atom stereocenters. The van der Waals surface area contributed by atoms with Gasteiger partial charge in [0.25, 0.3) is 0 Å². The molecule has 14 heteroatoms. The van der Waals surface area contributed by atoms with Crippen LogP contribution in [0.15, 0.2) is 0 Å². The van der Waals surface area contributed by atoms with E-state index in [0.717, 1.165) is 6.42 Å². The zero-order valence-corrected chi connectivity index (χ0v) is 20.7. The van der Waals surface area contributed by atoms with E-state index in [1.165, 1.54) is 13.8 Å². The second kappa shape index (κ2) is 15.7. The second-order valence-electron chi connectivity index (χ2n) is 8.79. The third kappa shape index (κ3) is 11.0. The number of hydrogen-bond donors (Lipinski definition) is 8. The number of carbonyl (C=O) groups excluding carboxylic acids is 4. The maximum atomic E-state index is 12.9. The van der Waals surface area contributed by atoms with E-state index in [9.17, 15) is 28.8 Å². The van der Waals surface area contributed by atoms with E-state index in [0.29, 0.717) is 38.8 Å². The van der Waals surface area contributed by atoms with Crippen LogP contribution in [0.25, 0.3) is 0 Å². The second-order valence-corrected chi connectivity index (χ2v) is 8.79. The molecule has 0 unspecified atom stereocenters. The summed E-state index contributed by atoms with van der Waals surface area (Å²) in [6.07, 6.45) is 2.30. The molecule has 1 fully saturated rings. The van der Waals surface area contributed by atoms with Gasteiger partial charge in [-0.25, -0.2) is 0 Å². The average molecular weight is 515 g/mol. The fraction of sp³-hybridized carbons (Fsp3) is 0.727. The van der Waals surface area contributed by atoms with Crippen molar-refractivity contribution in [2.75, 3.05) is 13.1 Å². The summed E-state index contributed by atoms with van der Waals surface area (Å²) in [7, 11) is 0. The SMILES string of the molecule is C[C@H](NC(=O)[C@H](CCC(=O)O)NC(=O)[C@H](C)NC(=O)[C@H](CCCCN)NC(=O)[C@@H]1CCCN1)C(=O)O. The predicted molar refractivity (Wildman–Crippen MR) is 128 cm³/mol. The molecule has 36 heavy (non-hydrogen) atoms. The number of nitrogens with two attached hydrogens (primary N) is 1. The molecule has 1 rings (SSSR count). The van der Waals surface area contributed by atoms with Crippen molar-refractivity contribution in [1.29, 1.82) is 0 Å². The van der Waals surface area contributed by atoms with Crippen molar-refractivity contribution in [1.82, 2.24) is 26.6 Å². The molecular formula is C22H38N6O8. The molecule has 1 aliphatic heterocycles. The first-order chi connectivity index (χ1) is 17.0. The van der Waals surface area contributed by atoms with Gasteiger partial charge in [0.1, 0.15) is 24.2 Å². The largest absolute Gasteiger partial charge is 0.481 e. The molecule has 1 saturated heterocycles. The Kier molecular flexibility index (Phi) is 13.4. The third-order valence-corrected chi connectivity index (χ3v) is 5.72. The maximum absolute atomic E-state index is 12.9. The Labute approximate surface area is 209 Å². The summed E-state index contributed by atoms with van der Waals surface area (Å²) in [5.74, 6) is -5.05. The number of carboxylic acid groups (broad SMARTS) is 2. The number of aliphatic carboxylic acids is 2. The Balaban J connectivity index is 2.81. The number of nitrogens with one attached hydrogen (secondary N) is 5. The highest BCUT2D eigenvalue weighted by Gasteiger charge is 2.30. The highest BCUT2D eigenvalue weighted by molar-refractivity contribution is 5.95. The molecule has 14 nitrogen and oxygen atoms in total. The lowest BCUT2D eigenvalue weighted by Crippen LogP contribution is -2.57. The van der Waals surface area contributed by atoms with E-state index < -0.39 is 66.3 Å². The lowest BCUT2D eigenvalue weighted by Gasteiger charge is -2.24. The van der Waals surface area contributed by atoms with E-state index in [2.05, 4.69) is 26.6 Å². The van der Waals surface area contributed by atoms with Gasteiger partial charge in [-0.15, -0.1) is 0 Å². The van der Waals surface area contributed by atoms with Gasteiger partial charge >= 0.3 is 11.9 Å². The summed E-state index contributed by atoms with van der Waals surface area (Å²) in [5.41, 5.74) is 5.52. The topological polar surface area (TPSA) is 229 Å². The molecule has 0 aromatic rings. The quantitative estimate of drug-likeness (QED) is 0.104. The van der Waals surface area contributed by atoms with E-state index in [-0.39, 0.29) is 12.3 Å². The fourth-order valence-corrected chi connectivity index (χ4v) is 3.53. The minimum Gasteiger partial charge on any atom is -0.481 e. The van der Waals surface area contributed by atoms with Gasteiger partial charge in [-0.05, 0) is 65.5 Å². The summed E-state index contributed by atoms with van der Waals surface area (Å²) < 4.78 is 0. The minimum atomic E-state index is -1.33. The van der Waals surface area contributed by atoms with Crippen molar-refractivity contribution >= 4 is 35.6 Å². The van der Waals surface area contributed by atoms with Gasteiger partial charge in [-0.3, -0.25) is 28.8 Å². The molecule has 0 aromatic heterocycles. The van der Waals surface area contributed by atoms with E-state index in [1.54, 1.807) is 0 Å². The van der Waals surface area contributed by atoms with Crippen LogP contribution in [0.1, 0.15) is 58.8 Å². The Morgan fingerprint density at radius 1 is 0.861 bits per heavy atom. The van der Waals surface area contributed by atoms with E-state index >= 15 is 0 Å². The number of rotatable bonds is 16. The lowest BCUT2D eigenvalue weighted by molar-refractivity contribution is -0.142. The standard InChI is InChI=1S/C22H38N6O8/c1-12(18(31)27-16(8-9-17(29)30)21(34)26-13(2)22(35)36)25-20(33)15(6-3-4-10-23)28-19(32)14-7-5-11-24-14/h12-16,24H,3-11,23H2,1-2H3,(H,25,33)(H,26,34)(H,27,31)(H,28,32)(H,29,30)(H,35,36)/t12-,13-,14-,15-,16-/m0/s1. The van der Waals surface area contributed by atoms with Crippen LogP contribution < -0.4 is 32.3 Å². The van der Waals surface area contributed by atoms with Crippen molar-refractivity contribution in [2.24, 2.45) is 5.73 Å². The zero-order valence-electron chi connectivity index (χ0n) is 20.7. The maximum Gasteiger partial charge on any atom is 0.325 e. The summed E-state index contributed by atoms with van der Waals surface area (Å²) in [4.78, 5) is 72.4. The van der Waals surface area contributed by atoms with Crippen molar-refractivity contribution in [3.8, 4) is 0 Å².